The minimum Gasteiger partial charge on any atom is -0.465 e. The Hall–Kier alpha value is -0.570. The van der Waals surface area contributed by atoms with Crippen molar-refractivity contribution in [1.29, 1.82) is 0 Å². The topological polar surface area (TPSA) is 35.5 Å². The second-order valence-corrected chi connectivity index (χ2v) is 5.53. The quantitative estimate of drug-likeness (QED) is 0.498. The van der Waals surface area contributed by atoms with E-state index in [4.69, 9.17) is 9.47 Å². The molecule has 0 amide bonds. The summed E-state index contributed by atoms with van der Waals surface area (Å²) in [5, 5.41) is 0. The Kier molecular flexibility index (Phi) is 7.39. The fourth-order valence-corrected chi connectivity index (χ4v) is 1.67. The van der Waals surface area contributed by atoms with Crippen molar-refractivity contribution in [3.63, 3.8) is 0 Å². The molecule has 0 radical (unpaired) electrons. The van der Waals surface area contributed by atoms with Gasteiger partial charge in [-0.05, 0) is 24.7 Å². The summed E-state index contributed by atoms with van der Waals surface area (Å²) >= 11 is 0. The third-order valence-corrected chi connectivity index (χ3v) is 2.31. The third kappa shape index (κ3) is 8.72. The van der Waals surface area contributed by atoms with Gasteiger partial charge in [0.2, 0.25) is 0 Å². The zero-order chi connectivity index (χ0) is 12.6. The minimum absolute atomic E-state index is 0.0116. The highest BCUT2D eigenvalue weighted by Crippen LogP contribution is 2.24. The Balaban J connectivity index is 3.64. The van der Waals surface area contributed by atoms with E-state index in [-0.39, 0.29) is 17.3 Å². The van der Waals surface area contributed by atoms with Gasteiger partial charge < -0.3 is 9.47 Å². The van der Waals surface area contributed by atoms with E-state index in [0.29, 0.717) is 6.61 Å². The van der Waals surface area contributed by atoms with Crippen molar-refractivity contribution in [1.82, 2.24) is 0 Å². The third-order valence-electron chi connectivity index (χ3n) is 2.31. The monoisotopic (exact) mass is 230 g/mol. The molecule has 3 heteroatoms. The summed E-state index contributed by atoms with van der Waals surface area (Å²) in [6.45, 7) is 9.58. The van der Waals surface area contributed by atoms with Gasteiger partial charge in [-0.15, -0.1) is 0 Å². The number of unbranched alkanes of at least 4 members (excludes halogenated alkanes) is 1. The standard InChI is InChI=1S/C13H26O3/c1-11(10-13(2,3)4)12(14)16-9-7-6-8-15-5/h11H,6-10H2,1-5H3. The summed E-state index contributed by atoms with van der Waals surface area (Å²) in [4.78, 5) is 11.6. The van der Waals surface area contributed by atoms with Crippen LogP contribution in [0.1, 0.15) is 47.0 Å². The molecule has 0 rings (SSSR count). The van der Waals surface area contributed by atoms with Crippen molar-refractivity contribution in [3.8, 4) is 0 Å². The number of hydrogen-bond donors (Lipinski definition) is 0. The van der Waals surface area contributed by atoms with Crippen LogP contribution in [-0.4, -0.2) is 26.3 Å². The summed E-state index contributed by atoms with van der Waals surface area (Å²) in [7, 11) is 1.68. The lowest BCUT2D eigenvalue weighted by Crippen LogP contribution is -2.21. The van der Waals surface area contributed by atoms with E-state index in [1.165, 1.54) is 0 Å². The van der Waals surface area contributed by atoms with Gasteiger partial charge in [0.1, 0.15) is 0 Å². The molecule has 0 saturated carbocycles. The molecule has 0 heterocycles. The number of hydrogen-bond acceptors (Lipinski definition) is 3. The molecule has 0 aliphatic rings. The molecule has 0 spiro atoms. The van der Waals surface area contributed by atoms with Gasteiger partial charge >= 0.3 is 5.97 Å². The largest absolute Gasteiger partial charge is 0.465 e. The molecule has 0 aliphatic carbocycles. The van der Waals surface area contributed by atoms with Gasteiger partial charge in [-0.25, -0.2) is 0 Å². The Morgan fingerprint density at radius 3 is 2.25 bits per heavy atom. The van der Waals surface area contributed by atoms with E-state index in [1.54, 1.807) is 7.11 Å². The van der Waals surface area contributed by atoms with Gasteiger partial charge in [-0.1, -0.05) is 27.7 Å². The normalized spacial score (nSPS) is 13.6. The predicted octanol–water partition coefficient (Wildman–Crippen LogP) is 3.03. The summed E-state index contributed by atoms with van der Waals surface area (Å²) in [6.07, 6.45) is 2.68. The van der Waals surface area contributed by atoms with Crippen molar-refractivity contribution in [2.75, 3.05) is 20.3 Å². The second kappa shape index (κ2) is 7.66. The van der Waals surface area contributed by atoms with Crippen LogP contribution in [-0.2, 0) is 14.3 Å². The zero-order valence-electron chi connectivity index (χ0n) is 11.3. The SMILES string of the molecule is COCCCCOC(=O)C(C)CC(C)(C)C. The molecule has 0 aromatic carbocycles. The van der Waals surface area contributed by atoms with Crippen molar-refractivity contribution in [2.45, 2.75) is 47.0 Å². The van der Waals surface area contributed by atoms with Gasteiger partial charge in [0, 0.05) is 13.7 Å². The van der Waals surface area contributed by atoms with Crippen LogP contribution in [0, 0.1) is 11.3 Å². The van der Waals surface area contributed by atoms with E-state index in [2.05, 4.69) is 20.8 Å². The Morgan fingerprint density at radius 1 is 1.19 bits per heavy atom. The molecule has 0 aliphatic heterocycles. The van der Waals surface area contributed by atoms with Crippen LogP contribution in [0.25, 0.3) is 0 Å². The molecule has 16 heavy (non-hydrogen) atoms. The Bertz CT molecular complexity index is 194. The molecule has 0 bridgehead atoms. The van der Waals surface area contributed by atoms with Crippen molar-refractivity contribution in [2.24, 2.45) is 11.3 Å². The number of carbonyl (C=O) groups excluding carboxylic acids is 1. The molecule has 1 unspecified atom stereocenters. The van der Waals surface area contributed by atoms with E-state index >= 15 is 0 Å². The lowest BCUT2D eigenvalue weighted by molar-refractivity contribution is -0.149. The average molecular weight is 230 g/mol. The first-order valence-electron chi connectivity index (χ1n) is 6.02. The fourth-order valence-electron chi connectivity index (χ4n) is 1.67. The first kappa shape index (κ1) is 15.4. The predicted molar refractivity (Wildman–Crippen MR) is 65.3 cm³/mol. The highest BCUT2D eigenvalue weighted by Gasteiger charge is 2.21. The van der Waals surface area contributed by atoms with Gasteiger partial charge in [0.05, 0.1) is 12.5 Å². The average Bonchev–Trinajstić information content (AvgIpc) is 2.14. The Labute approximate surface area is 99.5 Å². The lowest BCUT2D eigenvalue weighted by atomic mass is 9.85. The van der Waals surface area contributed by atoms with E-state index < -0.39 is 0 Å². The maximum absolute atomic E-state index is 11.6. The molecule has 0 aromatic heterocycles. The Morgan fingerprint density at radius 2 is 1.75 bits per heavy atom. The molecule has 0 fully saturated rings. The molecular formula is C13H26O3. The fraction of sp³-hybridized carbons (Fsp3) is 0.923. The smallest absolute Gasteiger partial charge is 0.308 e. The van der Waals surface area contributed by atoms with E-state index in [1.807, 2.05) is 6.92 Å². The molecule has 96 valence electrons. The first-order valence-corrected chi connectivity index (χ1v) is 6.02. The van der Waals surface area contributed by atoms with Crippen LogP contribution in [0.5, 0.6) is 0 Å². The molecule has 3 nitrogen and oxygen atoms in total. The van der Waals surface area contributed by atoms with Crippen molar-refractivity contribution in [3.05, 3.63) is 0 Å². The summed E-state index contributed by atoms with van der Waals surface area (Å²) in [6, 6.07) is 0. The molecule has 0 aromatic rings. The summed E-state index contributed by atoms with van der Waals surface area (Å²) in [5.74, 6) is -0.0882. The molecule has 0 N–H and O–H groups in total. The van der Waals surface area contributed by atoms with Crippen LogP contribution in [0.3, 0.4) is 0 Å². The van der Waals surface area contributed by atoms with E-state index in [0.717, 1.165) is 25.9 Å². The van der Waals surface area contributed by atoms with Crippen LogP contribution in [0.4, 0.5) is 0 Å². The summed E-state index contributed by atoms with van der Waals surface area (Å²) < 4.78 is 10.1. The minimum atomic E-state index is -0.0765. The highest BCUT2D eigenvalue weighted by atomic mass is 16.5. The zero-order valence-corrected chi connectivity index (χ0v) is 11.3. The van der Waals surface area contributed by atoms with Crippen molar-refractivity contribution < 1.29 is 14.3 Å². The lowest BCUT2D eigenvalue weighted by Gasteiger charge is -2.22. The van der Waals surface area contributed by atoms with Crippen LogP contribution >= 0.6 is 0 Å². The van der Waals surface area contributed by atoms with Crippen LogP contribution in [0.2, 0.25) is 0 Å². The van der Waals surface area contributed by atoms with Crippen molar-refractivity contribution >= 4 is 5.97 Å². The first-order chi connectivity index (χ1) is 7.37. The van der Waals surface area contributed by atoms with Crippen LogP contribution in [0.15, 0.2) is 0 Å². The van der Waals surface area contributed by atoms with Crippen LogP contribution < -0.4 is 0 Å². The molecular weight excluding hydrogens is 204 g/mol. The molecule has 1 atom stereocenters. The number of methoxy groups -OCH3 is 1. The maximum atomic E-state index is 11.6. The van der Waals surface area contributed by atoms with Gasteiger partial charge in [0.25, 0.3) is 0 Å². The molecule has 0 saturated heterocycles. The van der Waals surface area contributed by atoms with E-state index in [9.17, 15) is 4.79 Å². The number of esters is 1. The number of carbonyl (C=O) groups is 1. The highest BCUT2D eigenvalue weighted by molar-refractivity contribution is 5.71. The van der Waals surface area contributed by atoms with Gasteiger partial charge in [0.15, 0.2) is 0 Å². The second-order valence-electron chi connectivity index (χ2n) is 5.53. The summed E-state index contributed by atoms with van der Waals surface area (Å²) in [5.41, 5.74) is 0.175. The number of rotatable bonds is 7. The van der Waals surface area contributed by atoms with Gasteiger partial charge in [-0.3, -0.25) is 4.79 Å². The van der Waals surface area contributed by atoms with Gasteiger partial charge in [-0.2, -0.15) is 0 Å². The maximum Gasteiger partial charge on any atom is 0.308 e. The number of ether oxygens (including phenoxy) is 2.